The highest BCUT2D eigenvalue weighted by atomic mass is 16.6. The van der Waals surface area contributed by atoms with Crippen LogP contribution in [0.1, 0.15) is 57.1 Å². The molecule has 2 fully saturated rings. The van der Waals surface area contributed by atoms with Crippen LogP contribution in [0.2, 0.25) is 0 Å². The molecule has 2 heterocycles. The molecule has 2 aromatic rings. The van der Waals surface area contributed by atoms with E-state index in [1.165, 1.54) is 4.90 Å². The van der Waals surface area contributed by atoms with E-state index in [1.54, 1.807) is 4.90 Å². The number of hydrogen-bond acceptors (Lipinski definition) is 5. The Bertz CT molecular complexity index is 1170. The van der Waals surface area contributed by atoms with E-state index in [4.69, 9.17) is 9.47 Å². The summed E-state index contributed by atoms with van der Waals surface area (Å²) in [6.07, 6.45) is 0.630. The number of carbonyl (C=O) groups is 3. The van der Waals surface area contributed by atoms with Gasteiger partial charge in [0.15, 0.2) is 0 Å². The number of piperidine rings is 1. The smallest absolute Gasteiger partial charge is 0.410 e. The van der Waals surface area contributed by atoms with Crippen LogP contribution in [0.15, 0.2) is 48.5 Å². The number of nitrogens with zero attached hydrogens (tertiary/aromatic N) is 2. The molecule has 8 nitrogen and oxygen atoms in total. The third-order valence-electron chi connectivity index (χ3n) is 7.84. The van der Waals surface area contributed by atoms with Crippen LogP contribution >= 0.6 is 0 Å². The second-order valence-electron chi connectivity index (χ2n) is 11.5. The predicted octanol–water partition coefficient (Wildman–Crippen LogP) is 5.11. The first kappa shape index (κ1) is 25.1. The van der Waals surface area contributed by atoms with Crippen LogP contribution in [0.3, 0.4) is 0 Å². The van der Waals surface area contributed by atoms with E-state index in [2.05, 4.69) is 24.3 Å². The molecule has 2 amide bonds. The first-order valence-electron chi connectivity index (χ1n) is 12.9. The van der Waals surface area contributed by atoms with E-state index < -0.39 is 23.7 Å². The maximum Gasteiger partial charge on any atom is 0.410 e. The number of carboxylic acids is 1. The van der Waals surface area contributed by atoms with Crippen molar-refractivity contribution >= 4 is 18.2 Å². The van der Waals surface area contributed by atoms with Gasteiger partial charge in [0.2, 0.25) is 0 Å². The fourth-order valence-corrected chi connectivity index (χ4v) is 6.00. The lowest BCUT2D eigenvalue weighted by Gasteiger charge is -2.39. The summed E-state index contributed by atoms with van der Waals surface area (Å²) < 4.78 is 11.3. The summed E-state index contributed by atoms with van der Waals surface area (Å²) >= 11 is 0. The van der Waals surface area contributed by atoms with Crippen molar-refractivity contribution < 1.29 is 29.0 Å². The van der Waals surface area contributed by atoms with Gasteiger partial charge in [0.1, 0.15) is 18.2 Å². The lowest BCUT2D eigenvalue weighted by Crippen LogP contribution is -2.46. The van der Waals surface area contributed by atoms with Gasteiger partial charge < -0.3 is 19.5 Å². The molecule has 3 aliphatic rings. The monoisotopic (exact) mass is 506 g/mol. The van der Waals surface area contributed by atoms with Gasteiger partial charge in [0.05, 0.1) is 0 Å². The van der Waals surface area contributed by atoms with Crippen LogP contribution in [-0.4, -0.2) is 70.9 Å². The maximum atomic E-state index is 13.3. The lowest BCUT2D eigenvalue weighted by atomic mass is 9.76. The first-order valence-corrected chi connectivity index (χ1v) is 12.9. The second kappa shape index (κ2) is 9.39. The summed E-state index contributed by atoms with van der Waals surface area (Å²) in [5.74, 6) is -1.12. The van der Waals surface area contributed by atoms with E-state index in [-0.39, 0.29) is 24.0 Å². The Balaban J connectivity index is 1.25. The van der Waals surface area contributed by atoms with Gasteiger partial charge in [0.25, 0.3) is 0 Å². The summed E-state index contributed by atoms with van der Waals surface area (Å²) in [5.41, 5.74) is 3.57. The van der Waals surface area contributed by atoms with Crippen molar-refractivity contribution in [3.8, 4) is 11.1 Å². The molecule has 1 N–H and O–H groups in total. The van der Waals surface area contributed by atoms with Gasteiger partial charge in [-0.15, -0.1) is 0 Å². The Morgan fingerprint density at radius 2 is 1.51 bits per heavy atom. The summed E-state index contributed by atoms with van der Waals surface area (Å²) in [4.78, 5) is 40.9. The Labute approximate surface area is 217 Å². The number of rotatable bonds is 3. The molecular formula is C29H34N2O6. The van der Waals surface area contributed by atoms with E-state index in [0.29, 0.717) is 38.9 Å². The molecule has 37 heavy (non-hydrogen) atoms. The third kappa shape index (κ3) is 4.89. The molecule has 1 atom stereocenters. The number of benzene rings is 2. The highest BCUT2D eigenvalue weighted by molar-refractivity contribution is 5.82. The zero-order valence-corrected chi connectivity index (χ0v) is 21.6. The number of carbonyl (C=O) groups excluding carboxylic acids is 2. The van der Waals surface area contributed by atoms with Crippen molar-refractivity contribution in [2.75, 3.05) is 26.2 Å². The van der Waals surface area contributed by atoms with Gasteiger partial charge in [0, 0.05) is 25.6 Å². The van der Waals surface area contributed by atoms with Crippen LogP contribution in [0.5, 0.6) is 0 Å². The minimum absolute atomic E-state index is 0.0896. The van der Waals surface area contributed by atoms with Crippen molar-refractivity contribution in [3.63, 3.8) is 0 Å². The number of hydrogen-bond donors (Lipinski definition) is 1. The van der Waals surface area contributed by atoms with Gasteiger partial charge in [-0.05, 0) is 67.7 Å². The predicted molar refractivity (Wildman–Crippen MR) is 137 cm³/mol. The van der Waals surface area contributed by atoms with Crippen molar-refractivity contribution in [1.82, 2.24) is 9.80 Å². The molecule has 2 aliphatic heterocycles. The van der Waals surface area contributed by atoms with Crippen molar-refractivity contribution in [2.45, 2.75) is 57.6 Å². The van der Waals surface area contributed by atoms with Crippen LogP contribution in [0.4, 0.5) is 9.59 Å². The minimum Gasteiger partial charge on any atom is -0.480 e. The number of aliphatic carboxylic acids is 1. The van der Waals surface area contributed by atoms with Gasteiger partial charge >= 0.3 is 18.2 Å². The fourth-order valence-electron chi connectivity index (χ4n) is 6.00. The molecular weight excluding hydrogens is 472 g/mol. The van der Waals surface area contributed by atoms with E-state index in [1.807, 2.05) is 45.0 Å². The fraction of sp³-hybridized carbons (Fsp3) is 0.483. The Hall–Kier alpha value is -3.55. The molecule has 0 saturated carbocycles. The Morgan fingerprint density at radius 3 is 2.05 bits per heavy atom. The zero-order valence-electron chi connectivity index (χ0n) is 21.6. The third-order valence-corrected chi connectivity index (χ3v) is 7.84. The topological polar surface area (TPSA) is 96.4 Å². The molecule has 2 saturated heterocycles. The highest BCUT2D eigenvalue weighted by Gasteiger charge is 2.51. The maximum absolute atomic E-state index is 13.3. The molecule has 0 unspecified atom stereocenters. The summed E-state index contributed by atoms with van der Waals surface area (Å²) in [5, 5.41) is 9.92. The lowest BCUT2D eigenvalue weighted by molar-refractivity contribution is -0.141. The summed E-state index contributed by atoms with van der Waals surface area (Å²) in [6.45, 7) is 6.89. The minimum atomic E-state index is -1.03. The van der Waals surface area contributed by atoms with Crippen LogP contribution in [-0.2, 0) is 14.3 Å². The molecule has 0 aromatic heterocycles. The standard InChI is InChI=1S/C29H34N2O6/c1-28(2,3)37-26(34)30-14-12-29(13-15-30)16-24(25(32)33)31(18-29)27(35)36-17-23-21-10-6-4-8-19(21)20-9-5-7-11-22(20)23/h4-11,23-24H,12-18H2,1-3H3,(H,32,33)/t24-/m0/s1. The molecule has 5 rings (SSSR count). The Morgan fingerprint density at radius 1 is 0.946 bits per heavy atom. The van der Waals surface area contributed by atoms with Gasteiger partial charge in [-0.1, -0.05) is 48.5 Å². The largest absolute Gasteiger partial charge is 0.480 e. The van der Waals surface area contributed by atoms with E-state index in [0.717, 1.165) is 22.3 Å². The number of amides is 2. The quantitative estimate of drug-likeness (QED) is 0.621. The van der Waals surface area contributed by atoms with Gasteiger partial charge in [-0.25, -0.2) is 14.4 Å². The van der Waals surface area contributed by atoms with E-state index in [9.17, 15) is 19.5 Å². The molecule has 196 valence electrons. The second-order valence-corrected chi connectivity index (χ2v) is 11.5. The molecule has 2 aromatic carbocycles. The average Bonchev–Trinajstić information content (AvgIpc) is 3.38. The number of carboxylic acid groups (broad SMARTS) is 1. The van der Waals surface area contributed by atoms with Crippen LogP contribution in [0.25, 0.3) is 11.1 Å². The van der Waals surface area contributed by atoms with Gasteiger partial charge in [-0.2, -0.15) is 0 Å². The van der Waals surface area contributed by atoms with Crippen LogP contribution in [0, 0.1) is 5.41 Å². The molecule has 0 radical (unpaired) electrons. The van der Waals surface area contributed by atoms with Crippen molar-refractivity contribution in [3.05, 3.63) is 59.7 Å². The number of fused-ring (bicyclic) bond motifs is 3. The normalized spacial score (nSPS) is 20.5. The van der Waals surface area contributed by atoms with E-state index >= 15 is 0 Å². The number of ether oxygens (including phenoxy) is 2. The average molecular weight is 507 g/mol. The van der Waals surface area contributed by atoms with Gasteiger partial charge in [-0.3, -0.25) is 4.90 Å². The van der Waals surface area contributed by atoms with Crippen molar-refractivity contribution in [2.24, 2.45) is 5.41 Å². The first-order chi connectivity index (χ1) is 17.6. The zero-order chi connectivity index (χ0) is 26.4. The molecule has 1 aliphatic carbocycles. The SMILES string of the molecule is CC(C)(C)OC(=O)N1CCC2(CC1)C[C@@H](C(=O)O)N(C(=O)OCC1c3ccccc3-c3ccccc31)C2. The Kier molecular flexibility index (Phi) is 6.38. The summed E-state index contributed by atoms with van der Waals surface area (Å²) in [6, 6.07) is 15.3. The molecule has 1 spiro atoms. The molecule has 0 bridgehead atoms. The number of likely N-dealkylation sites (tertiary alicyclic amines) is 2. The van der Waals surface area contributed by atoms with Crippen LogP contribution < -0.4 is 0 Å². The molecule has 8 heteroatoms. The van der Waals surface area contributed by atoms with Crippen molar-refractivity contribution in [1.29, 1.82) is 0 Å². The summed E-state index contributed by atoms with van der Waals surface area (Å²) in [7, 11) is 0. The highest BCUT2D eigenvalue weighted by Crippen LogP contribution is 2.46.